The number of hydrogen-bond donors (Lipinski definition) is 3. The van der Waals surface area contributed by atoms with Gasteiger partial charge in [-0.15, -0.1) is 0 Å². The molecule has 0 radical (unpaired) electrons. The number of aliphatic carboxylic acids is 1. The molecule has 3 aliphatic rings. The Morgan fingerprint density at radius 2 is 2.00 bits per heavy atom. The lowest BCUT2D eigenvalue weighted by Gasteiger charge is -2.26. The van der Waals surface area contributed by atoms with E-state index in [0.29, 0.717) is 12.3 Å². The summed E-state index contributed by atoms with van der Waals surface area (Å²) in [6.45, 7) is 4.93. The summed E-state index contributed by atoms with van der Waals surface area (Å²) in [7, 11) is 0. The zero-order valence-corrected chi connectivity index (χ0v) is 21.6. The number of rotatable bonds is 10. The summed E-state index contributed by atoms with van der Waals surface area (Å²) in [6.07, 6.45) is 11.2. The molecule has 3 heterocycles. The summed E-state index contributed by atoms with van der Waals surface area (Å²) in [5.74, 6) is 0.0263. The van der Waals surface area contributed by atoms with Crippen LogP contribution in [0.3, 0.4) is 0 Å². The van der Waals surface area contributed by atoms with E-state index in [1.807, 2.05) is 0 Å². The van der Waals surface area contributed by atoms with Crippen molar-refractivity contribution < 1.29 is 19.1 Å². The fraction of sp³-hybridized carbons (Fsp3) is 0.552. The molecule has 1 amide bonds. The molecule has 0 spiro atoms. The van der Waals surface area contributed by atoms with Gasteiger partial charge in [-0.2, -0.15) is 0 Å². The lowest BCUT2D eigenvalue weighted by molar-refractivity contribution is -0.137. The highest BCUT2D eigenvalue weighted by atomic mass is 19.1. The minimum absolute atomic E-state index is 0.244. The molecule has 1 aromatic carbocycles. The first-order chi connectivity index (χ1) is 18.0. The predicted molar refractivity (Wildman–Crippen MR) is 142 cm³/mol. The van der Waals surface area contributed by atoms with Gasteiger partial charge in [0.2, 0.25) is 6.41 Å². The van der Waals surface area contributed by atoms with Gasteiger partial charge in [0, 0.05) is 17.8 Å². The number of aromatic nitrogens is 1. The molecule has 2 fully saturated rings. The number of piperidine rings is 1. The molecule has 1 unspecified atom stereocenters. The van der Waals surface area contributed by atoms with Gasteiger partial charge in [0.05, 0.1) is 12.5 Å². The van der Waals surface area contributed by atoms with Crippen molar-refractivity contribution in [2.75, 3.05) is 31.5 Å². The average Bonchev–Trinajstić information content (AvgIpc) is 3.75. The van der Waals surface area contributed by atoms with Crippen molar-refractivity contribution >= 4 is 18.2 Å². The summed E-state index contributed by atoms with van der Waals surface area (Å²) in [4.78, 5) is 28.6. The monoisotopic (exact) mass is 510 g/mol. The lowest BCUT2D eigenvalue weighted by atomic mass is 9.99. The fourth-order valence-corrected chi connectivity index (χ4v) is 5.19. The topological polar surface area (TPSA) is 94.6 Å². The number of carbonyl (C=O) groups excluding carboxylic acids is 1. The van der Waals surface area contributed by atoms with Crippen molar-refractivity contribution in [3.05, 3.63) is 58.5 Å². The molecule has 0 bridgehead atoms. The highest BCUT2D eigenvalue weighted by Gasteiger charge is 2.26. The minimum atomic E-state index is -1.08. The van der Waals surface area contributed by atoms with Crippen LogP contribution in [0.2, 0.25) is 0 Å². The molecule has 3 N–H and O–H groups in total. The first kappa shape index (κ1) is 27.0. The molecule has 8 heteroatoms. The number of carboxylic acid groups (broad SMARTS) is 1. The van der Waals surface area contributed by atoms with Gasteiger partial charge in [-0.3, -0.25) is 9.59 Å². The van der Waals surface area contributed by atoms with Crippen LogP contribution in [0.1, 0.15) is 85.7 Å². The van der Waals surface area contributed by atoms with E-state index in [2.05, 4.69) is 27.7 Å². The van der Waals surface area contributed by atoms with Crippen molar-refractivity contribution in [3.8, 4) is 0 Å². The van der Waals surface area contributed by atoms with Crippen LogP contribution in [-0.2, 0) is 22.4 Å². The highest BCUT2D eigenvalue weighted by molar-refractivity contribution is 5.68. The quantitative estimate of drug-likeness (QED) is 0.397. The van der Waals surface area contributed by atoms with Crippen LogP contribution in [0, 0.1) is 5.82 Å². The summed E-state index contributed by atoms with van der Waals surface area (Å²) in [5, 5.41) is 14.6. The van der Waals surface area contributed by atoms with E-state index in [1.54, 1.807) is 12.1 Å². The van der Waals surface area contributed by atoms with Gasteiger partial charge in [0.15, 0.2) is 0 Å². The minimum Gasteiger partial charge on any atom is -0.481 e. The van der Waals surface area contributed by atoms with E-state index in [9.17, 15) is 14.0 Å². The second kappa shape index (κ2) is 13.5. The smallest absolute Gasteiger partial charge is 0.305 e. The number of nitrogens with one attached hydrogen (secondary N) is 2. The molecule has 1 aliphatic carbocycles. The number of pyridine rings is 1. The number of carbonyl (C=O) groups is 2. The number of benzene rings is 1. The maximum Gasteiger partial charge on any atom is 0.305 e. The van der Waals surface area contributed by atoms with Gasteiger partial charge in [-0.1, -0.05) is 24.6 Å². The third kappa shape index (κ3) is 8.25. The van der Waals surface area contributed by atoms with Gasteiger partial charge < -0.3 is 20.6 Å². The van der Waals surface area contributed by atoms with Gasteiger partial charge in [0.25, 0.3) is 0 Å². The molecular weight excluding hydrogens is 471 g/mol. The van der Waals surface area contributed by atoms with Gasteiger partial charge >= 0.3 is 5.97 Å². The van der Waals surface area contributed by atoms with E-state index in [-0.39, 0.29) is 12.0 Å². The van der Waals surface area contributed by atoms with Crippen LogP contribution < -0.4 is 10.6 Å². The Morgan fingerprint density at radius 3 is 2.73 bits per heavy atom. The van der Waals surface area contributed by atoms with Crippen LogP contribution >= 0.6 is 0 Å². The molecule has 5 rings (SSSR count). The average molecular weight is 511 g/mol. The van der Waals surface area contributed by atoms with Gasteiger partial charge in [-0.05, 0) is 100 Å². The van der Waals surface area contributed by atoms with Crippen LogP contribution in [0.5, 0.6) is 0 Å². The number of anilines is 1. The molecule has 7 nitrogen and oxygen atoms in total. The SMILES string of the molecule is O=CNC(CC(=O)O)c1cc(C2CC2)ccc1F.c1cc2c(nc1CCCN1CCCCC1)NCCC2. The summed E-state index contributed by atoms with van der Waals surface area (Å²) < 4.78 is 13.7. The standard InChI is InChI=1S/C16H25N3.C13H14FNO3/c1-2-11-19(12-3-1)13-5-7-15-9-8-14-6-4-10-17-16(14)18-15;14-11-4-3-9(8-1-2-8)5-10(11)12(15-7-16)6-13(17)18/h8-9H,1-7,10-13H2,(H,17,18);3-5,7-8,12H,1-2,6H2,(H,15,16)(H,17,18). The third-order valence-corrected chi connectivity index (χ3v) is 7.40. The van der Waals surface area contributed by atoms with Crippen molar-refractivity contribution in [1.29, 1.82) is 0 Å². The molecule has 1 saturated heterocycles. The number of halogens is 1. The molecule has 200 valence electrons. The van der Waals surface area contributed by atoms with E-state index in [1.165, 1.54) is 75.5 Å². The van der Waals surface area contributed by atoms with E-state index < -0.39 is 17.8 Å². The highest BCUT2D eigenvalue weighted by Crippen LogP contribution is 2.41. The van der Waals surface area contributed by atoms with E-state index >= 15 is 0 Å². The van der Waals surface area contributed by atoms with Crippen LogP contribution in [-0.4, -0.2) is 53.5 Å². The number of nitrogens with zero attached hydrogens (tertiary/aromatic N) is 2. The summed E-state index contributed by atoms with van der Waals surface area (Å²) in [6, 6.07) is 8.39. The first-order valence-corrected chi connectivity index (χ1v) is 13.7. The molecule has 1 saturated carbocycles. The second-order valence-corrected chi connectivity index (χ2v) is 10.3. The number of carboxylic acids is 1. The molecule has 1 aromatic heterocycles. The van der Waals surface area contributed by atoms with Gasteiger partial charge in [0.1, 0.15) is 11.6 Å². The molecule has 37 heavy (non-hydrogen) atoms. The third-order valence-electron chi connectivity index (χ3n) is 7.40. The Hall–Kier alpha value is -3.00. The number of hydrogen-bond acceptors (Lipinski definition) is 5. The Labute approximate surface area is 218 Å². The Morgan fingerprint density at radius 1 is 1.19 bits per heavy atom. The van der Waals surface area contributed by atoms with Crippen molar-refractivity contribution in [2.45, 2.75) is 76.2 Å². The summed E-state index contributed by atoms with van der Waals surface area (Å²) >= 11 is 0. The van der Waals surface area contributed by atoms with Gasteiger partial charge in [-0.25, -0.2) is 9.37 Å². The molecule has 1 atom stereocenters. The van der Waals surface area contributed by atoms with Crippen molar-refractivity contribution in [3.63, 3.8) is 0 Å². The maximum absolute atomic E-state index is 13.7. The number of likely N-dealkylation sites (tertiary alicyclic amines) is 1. The number of aryl methyl sites for hydroxylation is 2. The second-order valence-electron chi connectivity index (χ2n) is 10.3. The van der Waals surface area contributed by atoms with Crippen LogP contribution in [0.25, 0.3) is 0 Å². The fourth-order valence-electron chi connectivity index (χ4n) is 5.19. The van der Waals surface area contributed by atoms with E-state index in [0.717, 1.165) is 37.2 Å². The molecule has 2 aliphatic heterocycles. The van der Waals surface area contributed by atoms with E-state index in [4.69, 9.17) is 10.1 Å². The van der Waals surface area contributed by atoms with Crippen LogP contribution in [0.15, 0.2) is 30.3 Å². The Kier molecular flexibility index (Phi) is 9.88. The summed E-state index contributed by atoms with van der Waals surface area (Å²) in [5.41, 5.74) is 3.90. The predicted octanol–water partition coefficient (Wildman–Crippen LogP) is 4.82. The normalized spacial score (nSPS) is 18.0. The first-order valence-electron chi connectivity index (χ1n) is 13.7. The zero-order valence-electron chi connectivity index (χ0n) is 21.6. The molecule has 2 aromatic rings. The Balaban J connectivity index is 0.000000173. The number of fused-ring (bicyclic) bond motifs is 1. The Bertz CT molecular complexity index is 1050. The zero-order chi connectivity index (χ0) is 26.0. The van der Waals surface area contributed by atoms with Crippen molar-refractivity contribution in [1.82, 2.24) is 15.2 Å². The largest absolute Gasteiger partial charge is 0.481 e. The molecular formula is C29H39FN4O3. The number of amides is 1. The maximum atomic E-state index is 13.7. The lowest BCUT2D eigenvalue weighted by Crippen LogP contribution is -2.30. The van der Waals surface area contributed by atoms with Crippen LogP contribution in [0.4, 0.5) is 10.2 Å². The van der Waals surface area contributed by atoms with Crippen molar-refractivity contribution in [2.24, 2.45) is 0 Å².